The number of hydrogen-bond donors (Lipinski definition) is 1. The summed E-state index contributed by atoms with van der Waals surface area (Å²) in [6.07, 6.45) is 0. The highest BCUT2D eigenvalue weighted by Gasteiger charge is 2.14. The summed E-state index contributed by atoms with van der Waals surface area (Å²) in [6, 6.07) is 4.68. The van der Waals surface area contributed by atoms with Crippen molar-refractivity contribution in [1.82, 2.24) is 9.80 Å². The molecule has 1 aromatic rings. The highest BCUT2D eigenvalue weighted by Crippen LogP contribution is 2.22. The van der Waals surface area contributed by atoms with E-state index in [1.807, 2.05) is 13.8 Å². The van der Waals surface area contributed by atoms with Crippen LogP contribution in [0.15, 0.2) is 18.2 Å². The SMILES string of the molecule is CCN(CC)C(=O)Nc1ccc(C(=O)N(C)C)c(Cl)c1. The number of halogens is 1. The van der Waals surface area contributed by atoms with Gasteiger partial charge in [-0.1, -0.05) is 11.6 Å². The lowest BCUT2D eigenvalue weighted by atomic mass is 10.2. The molecule has 0 spiro atoms. The molecule has 5 nitrogen and oxygen atoms in total. The zero-order valence-corrected chi connectivity index (χ0v) is 13.0. The van der Waals surface area contributed by atoms with E-state index in [2.05, 4.69) is 5.32 Å². The van der Waals surface area contributed by atoms with Crippen molar-refractivity contribution in [1.29, 1.82) is 0 Å². The first-order valence-electron chi connectivity index (χ1n) is 6.47. The number of nitrogens with zero attached hydrogens (tertiary/aromatic N) is 2. The number of carbonyl (C=O) groups excluding carboxylic acids is 2. The molecule has 0 saturated heterocycles. The van der Waals surface area contributed by atoms with Gasteiger partial charge in [0.05, 0.1) is 10.6 Å². The van der Waals surface area contributed by atoms with Gasteiger partial charge in [0, 0.05) is 32.9 Å². The van der Waals surface area contributed by atoms with Gasteiger partial charge in [-0.2, -0.15) is 0 Å². The maximum absolute atomic E-state index is 11.9. The Kier molecular flexibility index (Phi) is 5.82. The molecular weight excluding hydrogens is 278 g/mol. The molecule has 1 aromatic carbocycles. The maximum Gasteiger partial charge on any atom is 0.321 e. The third kappa shape index (κ3) is 3.87. The number of urea groups is 1. The molecule has 0 aliphatic rings. The summed E-state index contributed by atoms with van der Waals surface area (Å²) in [5.41, 5.74) is 0.986. The van der Waals surface area contributed by atoms with Gasteiger partial charge in [0.2, 0.25) is 0 Å². The average molecular weight is 298 g/mol. The van der Waals surface area contributed by atoms with E-state index in [4.69, 9.17) is 11.6 Å². The Hall–Kier alpha value is -1.75. The van der Waals surface area contributed by atoms with E-state index < -0.39 is 0 Å². The first kappa shape index (κ1) is 16.3. The van der Waals surface area contributed by atoms with Crippen molar-refractivity contribution in [2.45, 2.75) is 13.8 Å². The quantitative estimate of drug-likeness (QED) is 0.929. The molecule has 0 unspecified atom stereocenters. The molecular formula is C14H20ClN3O2. The normalized spacial score (nSPS) is 10.1. The van der Waals surface area contributed by atoms with Gasteiger partial charge in [-0.05, 0) is 32.0 Å². The minimum Gasteiger partial charge on any atom is -0.345 e. The Morgan fingerprint density at radius 1 is 1.20 bits per heavy atom. The molecule has 0 heterocycles. The second-order valence-electron chi connectivity index (χ2n) is 4.50. The monoisotopic (exact) mass is 297 g/mol. The summed E-state index contributed by atoms with van der Waals surface area (Å²) in [6.45, 7) is 5.09. The Balaban J connectivity index is 2.88. The van der Waals surface area contributed by atoms with Gasteiger partial charge in [-0.15, -0.1) is 0 Å². The van der Waals surface area contributed by atoms with Crippen LogP contribution in [0.4, 0.5) is 10.5 Å². The van der Waals surface area contributed by atoms with E-state index in [0.29, 0.717) is 29.4 Å². The van der Waals surface area contributed by atoms with Crippen LogP contribution in [0.1, 0.15) is 24.2 Å². The van der Waals surface area contributed by atoms with Crippen molar-refractivity contribution in [3.63, 3.8) is 0 Å². The largest absolute Gasteiger partial charge is 0.345 e. The molecule has 0 fully saturated rings. The van der Waals surface area contributed by atoms with E-state index >= 15 is 0 Å². The summed E-state index contributed by atoms with van der Waals surface area (Å²) in [7, 11) is 3.32. The summed E-state index contributed by atoms with van der Waals surface area (Å²) in [4.78, 5) is 26.9. The number of rotatable bonds is 4. The molecule has 20 heavy (non-hydrogen) atoms. The first-order chi connectivity index (χ1) is 9.40. The third-order valence-electron chi connectivity index (χ3n) is 2.91. The summed E-state index contributed by atoms with van der Waals surface area (Å²) >= 11 is 6.09. The van der Waals surface area contributed by atoms with Crippen LogP contribution in [0.25, 0.3) is 0 Å². The topological polar surface area (TPSA) is 52.7 Å². The molecule has 1 N–H and O–H groups in total. The Labute approximate surface area is 124 Å². The zero-order chi connectivity index (χ0) is 15.3. The predicted octanol–water partition coefficient (Wildman–Crippen LogP) is 2.92. The molecule has 1 rings (SSSR count). The summed E-state index contributed by atoms with van der Waals surface area (Å²) in [5.74, 6) is -0.170. The van der Waals surface area contributed by atoms with Crippen LogP contribution in [0.5, 0.6) is 0 Å². The van der Waals surface area contributed by atoms with E-state index in [-0.39, 0.29) is 11.9 Å². The third-order valence-corrected chi connectivity index (χ3v) is 3.22. The molecule has 0 radical (unpaired) electrons. The van der Waals surface area contributed by atoms with Crippen LogP contribution in [-0.4, -0.2) is 48.9 Å². The fourth-order valence-corrected chi connectivity index (χ4v) is 1.98. The van der Waals surface area contributed by atoms with Crippen LogP contribution in [0, 0.1) is 0 Å². The van der Waals surface area contributed by atoms with Gasteiger partial charge < -0.3 is 15.1 Å². The van der Waals surface area contributed by atoms with Crippen molar-refractivity contribution in [2.24, 2.45) is 0 Å². The Morgan fingerprint density at radius 2 is 1.80 bits per heavy atom. The summed E-state index contributed by atoms with van der Waals surface area (Å²) < 4.78 is 0. The van der Waals surface area contributed by atoms with Crippen molar-refractivity contribution in [2.75, 3.05) is 32.5 Å². The van der Waals surface area contributed by atoms with Crippen LogP contribution in [0.2, 0.25) is 5.02 Å². The van der Waals surface area contributed by atoms with Crippen LogP contribution < -0.4 is 5.32 Å². The van der Waals surface area contributed by atoms with Gasteiger partial charge in [-0.3, -0.25) is 4.79 Å². The minimum absolute atomic E-state index is 0.170. The molecule has 0 aliphatic heterocycles. The second-order valence-corrected chi connectivity index (χ2v) is 4.90. The smallest absolute Gasteiger partial charge is 0.321 e. The van der Waals surface area contributed by atoms with Crippen molar-refractivity contribution < 1.29 is 9.59 Å². The van der Waals surface area contributed by atoms with Gasteiger partial charge in [-0.25, -0.2) is 4.79 Å². The standard InChI is InChI=1S/C14H20ClN3O2/c1-5-18(6-2)14(20)16-10-7-8-11(12(15)9-10)13(19)17(3)4/h7-9H,5-6H2,1-4H3,(H,16,20). The number of nitrogens with one attached hydrogen (secondary N) is 1. The van der Waals surface area contributed by atoms with Gasteiger partial charge >= 0.3 is 6.03 Å². The molecule has 0 aromatic heterocycles. The van der Waals surface area contributed by atoms with E-state index in [9.17, 15) is 9.59 Å². The van der Waals surface area contributed by atoms with Crippen LogP contribution >= 0.6 is 11.6 Å². The number of benzene rings is 1. The van der Waals surface area contributed by atoms with Gasteiger partial charge in [0.25, 0.3) is 5.91 Å². The maximum atomic E-state index is 11.9. The fraction of sp³-hybridized carbons (Fsp3) is 0.429. The lowest BCUT2D eigenvalue weighted by molar-refractivity contribution is 0.0828. The number of amides is 3. The number of carbonyl (C=O) groups is 2. The van der Waals surface area contributed by atoms with Crippen molar-refractivity contribution in [3.8, 4) is 0 Å². The predicted molar refractivity (Wildman–Crippen MR) is 81.4 cm³/mol. The van der Waals surface area contributed by atoms with Gasteiger partial charge in [0.1, 0.15) is 0 Å². The van der Waals surface area contributed by atoms with Crippen molar-refractivity contribution in [3.05, 3.63) is 28.8 Å². The molecule has 0 bridgehead atoms. The average Bonchev–Trinajstić information content (AvgIpc) is 2.39. The lowest BCUT2D eigenvalue weighted by Crippen LogP contribution is -2.34. The number of hydrogen-bond acceptors (Lipinski definition) is 2. The lowest BCUT2D eigenvalue weighted by Gasteiger charge is -2.19. The van der Waals surface area contributed by atoms with E-state index in [1.165, 1.54) is 4.90 Å². The fourth-order valence-electron chi connectivity index (χ4n) is 1.72. The highest BCUT2D eigenvalue weighted by atomic mass is 35.5. The first-order valence-corrected chi connectivity index (χ1v) is 6.85. The van der Waals surface area contributed by atoms with Gasteiger partial charge in [0.15, 0.2) is 0 Å². The molecule has 110 valence electrons. The molecule has 0 saturated carbocycles. The second kappa shape index (κ2) is 7.14. The highest BCUT2D eigenvalue weighted by molar-refractivity contribution is 6.34. The minimum atomic E-state index is -0.183. The zero-order valence-electron chi connectivity index (χ0n) is 12.2. The Morgan fingerprint density at radius 3 is 2.25 bits per heavy atom. The molecule has 3 amide bonds. The Bertz CT molecular complexity index is 499. The molecule has 0 aliphatic carbocycles. The molecule has 6 heteroatoms. The molecule has 0 atom stereocenters. The van der Waals surface area contributed by atoms with Crippen LogP contribution in [0.3, 0.4) is 0 Å². The van der Waals surface area contributed by atoms with E-state index in [0.717, 1.165) is 0 Å². The van der Waals surface area contributed by atoms with Crippen molar-refractivity contribution >= 4 is 29.2 Å². The number of anilines is 1. The van der Waals surface area contributed by atoms with E-state index in [1.54, 1.807) is 37.2 Å². The van der Waals surface area contributed by atoms with Crippen LogP contribution in [-0.2, 0) is 0 Å². The summed E-state index contributed by atoms with van der Waals surface area (Å²) in [5, 5.41) is 3.08.